The van der Waals surface area contributed by atoms with Gasteiger partial charge in [-0.25, -0.2) is 4.79 Å². The molecule has 0 bridgehead atoms. The summed E-state index contributed by atoms with van der Waals surface area (Å²) in [5.74, 6) is -0.260. The first-order valence-electron chi connectivity index (χ1n) is 6.67. The SMILES string of the molecule is CC[C@H](NC(=O)OC(C)(C)C)C(=O)Nc1ccccc1. The average molecular weight is 278 g/mol. The van der Waals surface area contributed by atoms with E-state index in [1.165, 1.54) is 0 Å². The number of nitrogens with one attached hydrogen (secondary N) is 2. The zero-order valence-corrected chi connectivity index (χ0v) is 12.4. The van der Waals surface area contributed by atoms with Gasteiger partial charge in [-0.05, 0) is 39.3 Å². The van der Waals surface area contributed by atoms with Crippen molar-refractivity contribution in [2.24, 2.45) is 0 Å². The number of alkyl carbamates (subject to hydrolysis) is 1. The molecular formula is C15H22N2O3. The second-order valence-electron chi connectivity index (χ2n) is 5.46. The molecule has 2 N–H and O–H groups in total. The van der Waals surface area contributed by atoms with Gasteiger partial charge in [-0.2, -0.15) is 0 Å². The van der Waals surface area contributed by atoms with Crippen molar-refractivity contribution in [1.82, 2.24) is 5.32 Å². The van der Waals surface area contributed by atoms with E-state index in [1.807, 2.05) is 25.1 Å². The molecule has 0 heterocycles. The Kier molecular flexibility index (Phi) is 5.55. The van der Waals surface area contributed by atoms with Crippen LogP contribution in [0.5, 0.6) is 0 Å². The minimum Gasteiger partial charge on any atom is -0.444 e. The van der Waals surface area contributed by atoms with Crippen molar-refractivity contribution in [2.45, 2.75) is 45.8 Å². The number of hydrogen-bond acceptors (Lipinski definition) is 3. The maximum Gasteiger partial charge on any atom is 0.408 e. The Labute approximate surface area is 119 Å². The minimum absolute atomic E-state index is 0.260. The summed E-state index contributed by atoms with van der Waals surface area (Å²) in [7, 11) is 0. The Morgan fingerprint density at radius 2 is 1.80 bits per heavy atom. The summed E-state index contributed by atoms with van der Waals surface area (Å²) < 4.78 is 5.14. The van der Waals surface area contributed by atoms with Gasteiger partial charge < -0.3 is 15.4 Å². The molecular weight excluding hydrogens is 256 g/mol. The number of anilines is 1. The molecule has 5 heteroatoms. The van der Waals surface area contributed by atoms with Crippen molar-refractivity contribution in [1.29, 1.82) is 0 Å². The molecule has 0 aliphatic rings. The van der Waals surface area contributed by atoms with Gasteiger partial charge in [0.1, 0.15) is 11.6 Å². The molecule has 1 aromatic carbocycles. The van der Waals surface area contributed by atoms with E-state index in [-0.39, 0.29) is 5.91 Å². The van der Waals surface area contributed by atoms with Crippen molar-refractivity contribution in [2.75, 3.05) is 5.32 Å². The average Bonchev–Trinajstić information content (AvgIpc) is 2.35. The smallest absolute Gasteiger partial charge is 0.408 e. The second kappa shape index (κ2) is 6.93. The number of carbonyl (C=O) groups excluding carboxylic acids is 2. The molecule has 20 heavy (non-hydrogen) atoms. The standard InChI is InChI=1S/C15H22N2O3/c1-5-12(17-14(19)20-15(2,3)4)13(18)16-11-9-7-6-8-10-11/h6-10,12H,5H2,1-4H3,(H,16,18)(H,17,19)/t12-/m0/s1. The molecule has 2 amide bonds. The number of amides is 2. The van der Waals surface area contributed by atoms with Crippen molar-refractivity contribution in [3.8, 4) is 0 Å². The number of ether oxygens (including phenoxy) is 1. The molecule has 5 nitrogen and oxygen atoms in total. The lowest BCUT2D eigenvalue weighted by molar-refractivity contribution is -0.118. The van der Waals surface area contributed by atoms with Crippen molar-refractivity contribution in [3.05, 3.63) is 30.3 Å². The highest BCUT2D eigenvalue weighted by Gasteiger charge is 2.22. The highest BCUT2D eigenvalue weighted by Crippen LogP contribution is 2.09. The van der Waals surface area contributed by atoms with E-state index in [0.717, 1.165) is 0 Å². The van der Waals surface area contributed by atoms with Crippen molar-refractivity contribution < 1.29 is 14.3 Å². The lowest BCUT2D eigenvalue weighted by atomic mass is 10.2. The lowest BCUT2D eigenvalue weighted by Crippen LogP contribution is -2.45. The van der Waals surface area contributed by atoms with Crippen molar-refractivity contribution >= 4 is 17.7 Å². The number of rotatable bonds is 4. The third kappa shape index (κ3) is 5.73. The first-order valence-corrected chi connectivity index (χ1v) is 6.67. The number of carbonyl (C=O) groups is 2. The van der Waals surface area contributed by atoms with Gasteiger partial charge in [0.05, 0.1) is 0 Å². The highest BCUT2D eigenvalue weighted by molar-refractivity contribution is 5.96. The summed E-state index contributed by atoms with van der Waals surface area (Å²) in [5, 5.41) is 5.32. The molecule has 1 atom stereocenters. The largest absolute Gasteiger partial charge is 0.444 e. The normalized spacial score (nSPS) is 12.4. The summed E-state index contributed by atoms with van der Waals surface area (Å²) >= 11 is 0. The summed E-state index contributed by atoms with van der Waals surface area (Å²) in [5.41, 5.74) is 0.111. The molecule has 0 fully saturated rings. The van der Waals surface area contributed by atoms with Crippen LogP contribution in [0.3, 0.4) is 0 Å². The Hall–Kier alpha value is -2.04. The first-order chi connectivity index (χ1) is 9.31. The molecule has 1 rings (SSSR count). The fourth-order valence-corrected chi connectivity index (χ4v) is 1.55. The van der Waals surface area contributed by atoms with Crippen LogP contribution in [0.25, 0.3) is 0 Å². The second-order valence-corrected chi connectivity index (χ2v) is 5.46. The zero-order chi connectivity index (χ0) is 15.2. The van der Waals surface area contributed by atoms with E-state index in [2.05, 4.69) is 10.6 Å². The van der Waals surface area contributed by atoms with Gasteiger partial charge in [-0.3, -0.25) is 4.79 Å². The summed E-state index contributed by atoms with van der Waals surface area (Å²) in [6.07, 6.45) is -0.106. The summed E-state index contributed by atoms with van der Waals surface area (Å²) in [4.78, 5) is 23.7. The molecule has 0 saturated heterocycles. The Morgan fingerprint density at radius 1 is 1.20 bits per heavy atom. The molecule has 0 saturated carbocycles. The summed E-state index contributed by atoms with van der Waals surface area (Å²) in [6.45, 7) is 7.15. The van der Waals surface area contributed by atoms with Crippen LogP contribution < -0.4 is 10.6 Å². The third-order valence-electron chi connectivity index (χ3n) is 2.46. The topological polar surface area (TPSA) is 67.4 Å². The van der Waals surface area contributed by atoms with Crippen LogP contribution >= 0.6 is 0 Å². The first kappa shape index (κ1) is 16.0. The number of benzene rings is 1. The molecule has 0 radical (unpaired) electrons. The predicted molar refractivity (Wildman–Crippen MR) is 78.5 cm³/mol. The van der Waals surface area contributed by atoms with E-state index < -0.39 is 17.7 Å². The fourth-order valence-electron chi connectivity index (χ4n) is 1.55. The van der Waals surface area contributed by atoms with Crippen LogP contribution in [0.4, 0.5) is 10.5 Å². The van der Waals surface area contributed by atoms with E-state index >= 15 is 0 Å². The maximum atomic E-state index is 12.1. The van der Waals surface area contributed by atoms with E-state index in [9.17, 15) is 9.59 Å². The van der Waals surface area contributed by atoms with Gasteiger partial charge in [0, 0.05) is 5.69 Å². The molecule has 0 spiro atoms. The van der Waals surface area contributed by atoms with Gasteiger partial charge in [-0.15, -0.1) is 0 Å². The minimum atomic E-state index is -0.620. The Balaban J connectivity index is 2.57. The monoisotopic (exact) mass is 278 g/mol. The quantitative estimate of drug-likeness (QED) is 0.889. The van der Waals surface area contributed by atoms with Crippen LogP contribution in [0.1, 0.15) is 34.1 Å². The van der Waals surface area contributed by atoms with Crippen LogP contribution in [-0.2, 0) is 9.53 Å². The zero-order valence-electron chi connectivity index (χ0n) is 12.4. The van der Waals surface area contributed by atoms with Gasteiger partial charge in [0.2, 0.25) is 5.91 Å². The van der Waals surface area contributed by atoms with Gasteiger partial charge in [0.25, 0.3) is 0 Å². The predicted octanol–water partition coefficient (Wildman–Crippen LogP) is 2.93. The highest BCUT2D eigenvalue weighted by atomic mass is 16.6. The molecule has 0 aromatic heterocycles. The molecule has 1 aromatic rings. The third-order valence-corrected chi connectivity index (χ3v) is 2.46. The van der Waals surface area contributed by atoms with E-state index in [1.54, 1.807) is 32.9 Å². The molecule has 110 valence electrons. The molecule has 0 aliphatic heterocycles. The van der Waals surface area contributed by atoms with E-state index in [0.29, 0.717) is 12.1 Å². The van der Waals surface area contributed by atoms with Crippen LogP contribution in [0, 0.1) is 0 Å². The maximum absolute atomic E-state index is 12.1. The molecule has 0 aliphatic carbocycles. The summed E-state index contributed by atoms with van der Waals surface area (Å²) in [6, 6.07) is 8.49. The fraction of sp³-hybridized carbons (Fsp3) is 0.467. The van der Waals surface area contributed by atoms with Crippen LogP contribution in [0.2, 0.25) is 0 Å². The van der Waals surface area contributed by atoms with E-state index in [4.69, 9.17) is 4.74 Å². The van der Waals surface area contributed by atoms with Gasteiger partial charge >= 0.3 is 6.09 Å². The number of hydrogen-bond donors (Lipinski definition) is 2. The molecule has 0 unspecified atom stereocenters. The Morgan fingerprint density at radius 3 is 2.30 bits per heavy atom. The van der Waals surface area contributed by atoms with Crippen LogP contribution in [-0.4, -0.2) is 23.6 Å². The van der Waals surface area contributed by atoms with Crippen LogP contribution in [0.15, 0.2) is 30.3 Å². The van der Waals surface area contributed by atoms with Gasteiger partial charge in [-0.1, -0.05) is 25.1 Å². The van der Waals surface area contributed by atoms with Gasteiger partial charge in [0.15, 0.2) is 0 Å². The number of para-hydroxylation sites is 1. The lowest BCUT2D eigenvalue weighted by Gasteiger charge is -2.22. The van der Waals surface area contributed by atoms with Crippen molar-refractivity contribution in [3.63, 3.8) is 0 Å². The Bertz CT molecular complexity index is 452.